The van der Waals surface area contributed by atoms with E-state index in [2.05, 4.69) is 33.8 Å². The van der Waals surface area contributed by atoms with Gasteiger partial charge in [0.1, 0.15) is 22.2 Å². The predicted molar refractivity (Wildman–Crippen MR) is 77.3 cm³/mol. The van der Waals surface area contributed by atoms with Crippen molar-refractivity contribution in [3.63, 3.8) is 0 Å². The molecule has 0 aliphatic rings. The zero-order valence-corrected chi connectivity index (χ0v) is 12.5. The topological polar surface area (TPSA) is 54.2 Å². The molecule has 2 aromatic rings. The molecule has 2 aromatic heterocycles. The monoisotopic (exact) mass is 280 g/mol. The van der Waals surface area contributed by atoms with Gasteiger partial charge in [0.25, 0.3) is 0 Å². The first-order valence-corrected chi connectivity index (χ1v) is 7.25. The van der Waals surface area contributed by atoms with Crippen molar-refractivity contribution >= 4 is 16.5 Å². The van der Waals surface area contributed by atoms with Gasteiger partial charge in [-0.05, 0) is 32.5 Å². The molecular formula is C13H20N4OS. The standard InChI is InChI=1S/C13H20N4OS/c1-4-7-14-13-12(15-16-19-13)9-17(3)8-11-6-5-10(2)18-11/h5-6,14H,4,7-9H2,1-3H3. The van der Waals surface area contributed by atoms with Crippen LogP contribution < -0.4 is 5.32 Å². The molecule has 0 aromatic carbocycles. The summed E-state index contributed by atoms with van der Waals surface area (Å²) < 4.78 is 9.60. The third kappa shape index (κ3) is 4.04. The van der Waals surface area contributed by atoms with Crippen molar-refractivity contribution in [3.05, 3.63) is 29.3 Å². The molecule has 0 radical (unpaired) electrons. The van der Waals surface area contributed by atoms with Gasteiger partial charge in [0, 0.05) is 24.6 Å². The van der Waals surface area contributed by atoms with Crippen molar-refractivity contribution in [3.8, 4) is 0 Å². The zero-order valence-electron chi connectivity index (χ0n) is 11.6. The Labute approximate surface area is 117 Å². The third-order valence-corrected chi connectivity index (χ3v) is 3.46. The van der Waals surface area contributed by atoms with Gasteiger partial charge in [0.15, 0.2) is 0 Å². The molecule has 0 spiro atoms. The lowest BCUT2D eigenvalue weighted by molar-refractivity contribution is 0.282. The van der Waals surface area contributed by atoms with Crippen molar-refractivity contribution in [2.24, 2.45) is 0 Å². The molecule has 0 amide bonds. The van der Waals surface area contributed by atoms with Gasteiger partial charge in [-0.3, -0.25) is 4.90 Å². The van der Waals surface area contributed by atoms with Gasteiger partial charge in [-0.15, -0.1) is 5.10 Å². The van der Waals surface area contributed by atoms with Gasteiger partial charge in [-0.25, -0.2) is 0 Å². The Morgan fingerprint density at radius 2 is 2.21 bits per heavy atom. The van der Waals surface area contributed by atoms with Crippen molar-refractivity contribution in [2.45, 2.75) is 33.4 Å². The first kappa shape index (κ1) is 14.0. The average molecular weight is 280 g/mol. The Kier molecular flexibility index (Phi) is 4.93. The molecule has 19 heavy (non-hydrogen) atoms. The molecule has 0 saturated carbocycles. The summed E-state index contributed by atoms with van der Waals surface area (Å²) in [6.45, 7) is 6.60. The normalized spacial score (nSPS) is 11.2. The van der Waals surface area contributed by atoms with Crippen LogP contribution in [0.1, 0.15) is 30.6 Å². The molecule has 0 atom stereocenters. The summed E-state index contributed by atoms with van der Waals surface area (Å²) in [5.74, 6) is 1.93. The highest BCUT2D eigenvalue weighted by Gasteiger charge is 2.11. The summed E-state index contributed by atoms with van der Waals surface area (Å²) in [5.41, 5.74) is 1.00. The van der Waals surface area contributed by atoms with Gasteiger partial charge in [-0.2, -0.15) is 0 Å². The fourth-order valence-electron chi connectivity index (χ4n) is 1.83. The number of furan rings is 1. The summed E-state index contributed by atoms with van der Waals surface area (Å²) >= 11 is 1.42. The Balaban J connectivity index is 1.91. The van der Waals surface area contributed by atoms with E-state index in [-0.39, 0.29) is 0 Å². The largest absolute Gasteiger partial charge is 0.465 e. The molecule has 0 bridgehead atoms. The van der Waals surface area contributed by atoms with Crippen molar-refractivity contribution < 1.29 is 4.42 Å². The molecule has 0 unspecified atom stereocenters. The summed E-state index contributed by atoms with van der Waals surface area (Å²) in [6, 6.07) is 4.00. The summed E-state index contributed by atoms with van der Waals surface area (Å²) in [5, 5.41) is 8.62. The van der Waals surface area contributed by atoms with Crippen LogP contribution in [0.3, 0.4) is 0 Å². The summed E-state index contributed by atoms with van der Waals surface area (Å²) in [6.07, 6.45) is 1.10. The fraction of sp³-hybridized carbons (Fsp3) is 0.538. The highest BCUT2D eigenvalue weighted by Crippen LogP contribution is 2.19. The molecule has 0 saturated heterocycles. The van der Waals surface area contributed by atoms with Crippen LogP contribution in [0.2, 0.25) is 0 Å². The lowest BCUT2D eigenvalue weighted by Crippen LogP contribution is -2.18. The van der Waals surface area contributed by atoms with Crippen LogP contribution in [0.4, 0.5) is 5.00 Å². The van der Waals surface area contributed by atoms with Crippen LogP contribution in [0.25, 0.3) is 0 Å². The highest BCUT2D eigenvalue weighted by atomic mass is 32.1. The van der Waals surface area contributed by atoms with E-state index in [4.69, 9.17) is 4.42 Å². The van der Waals surface area contributed by atoms with Crippen LogP contribution in [0, 0.1) is 6.92 Å². The third-order valence-electron chi connectivity index (χ3n) is 2.73. The second kappa shape index (κ2) is 6.68. The van der Waals surface area contributed by atoms with Gasteiger partial charge in [0.2, 0.25) is 0 Å². The van der Waals surface area contributed by atoms with Crippen molar-refractivity contribution in [2.75, 3.05) is 18.9 Å². The number of hydrogen-bond donors (Lipinski definition) is 1. The van der Waals surface area contributed by atoms with Crippen LogP contribution in [0.5, 0.6) is 0 Å². The lowest BCUT2D eigenvalue weighted by atomic mass is 10.3. The molecule has 2 rings (SSSR count). The molecule has 6 heteroatoms. The second-order valence-corrected chi connectivity index (χ2v) is 5.41. The zero-order chi connectivity index (χ0) is 13.7. The fourth-order valence-corrected chi connectivity index (χ4v) is 2.43. The predicted octanol–water partition coefficient (Wildman–Crippen LogP) is 2.89. The average Bonchev–Trinajstić information content (AvgIpc) is 2.96. The van der Waals surface area contributed by atoms with E-state index >= 15 is 0 Å². The summed E-state index contributed by atoms with van der Waals surface area (Å²) in [7, 11) is 2.06. The maximum atomic E-state index is 5.58. The van der Waals surface area contributed by atoms with Crippen LogP contribution in [-0.2, 0) is 13.1 Å². The Hall–Kier alpha value is -1.40. The SMILES string of the molecule is CCCNc1snnc1CN(C)Cc1ccc(C)o1. The van der Waals surface area contributed by atoms with Gasteiger partial charge in [-0.1, -0.05) is 11.4 Å². The Morgan fingerprint density at radius 1 is 1.37 bits per heavy atom. The van der Waals surface area contributed by atoms with Crippen LogP contribution in [-0.4, -0.2) is 28.1 Å². The van der Waals surface area contributed by atoms with Crippen LogP contribution >= 0.6 is 11.5 Å². The van der Waals surface area contributed by atoms with E-state index in [1.54, 1.807) is 0 Å². The van der Waals surface area contributed by atoms with E-state index in [1.807, 2.05) is 19.1 Å². The second-order valence-electron chi connectivity index (χ2n) is 4.66. The van der Waals surface area contributed by atoms with E-state index in [1.165, 1.54) is 11.5 Å². The molecule has 5 nitrogen and oxygen atoms in total. The Morgan fingerprint density at radius 3 is 2.89 bits per heavy atom. The highest BCUT2D eigenvalue weighted by molar-refractivity contribution is 7.10. The molecular weight excluding hydrogens is 260 g/mol. The molecule has 2 heterocycles. The molecule has 0 aliphatic heterocycles. The lowest BCUT2D eigenvalue weighted by Gasteiger charge is -2.14. The van der Waals surface area contributed by atoms with Crippen LogP contribution in [0.15, 0.2) is 16.5 Å². The number of anilines is 1. The van der Waals surface area contributed by atoms with E-state index in [0.29, 0.717) is 0 Å². The maximum absolute atomic E-state index is 5.58. The minimum Gasteiger partial charge on any atom is -0.465 e. The van der Waals surface area contributed by atoms with Gasteiger partial charge in [0.05, 0.1) is 6.54 Å². The van der Waals surface area contributed by atoms with Gasteiger partial charge >= 0.3 is 0 Å². The molecule has 104 valence electrons. The van der Waals surface area contributed by atoms with E-state index < -0.39 is 0 Å². The minimum atomic E-state index is 0.766. The number of hydrogen-bond acceptors (Lipinski definition) is 6. The number of aryl methyl sites for hydroxylation is 1. The smallest absolute Gasteiger partial charge is 0.134 e. The number of nitrogens with zero attached hydrogens (tertiary/aromatic N) is 3. The quantitative estimate of drug-likeness (QED) is 0.845. The number of nitrogens with one attached hydrogen (secondary N) is 1. The van der Waals surface area contributed by atoms with Gasteiger partial charge < -0.3 is 9.73 Å². The summed E-state index contributed by atoms with van der Waals surface area (Å²) in [4.78, 5) is 2.17. The van der Waals surface area contributed by atoms with E-state index in [0.717, 1.165) is 48.3 Å². The molecule has 0 fully saturated rings. The maximum Gasteiger partial charge on any atom is 0.134 e. The Bertz CT molecular complexity index is 508. The van der Waals surface area contributed by atoms with Crippen molar-refractivity contribution in [1.82, 2.24) is 14.5 Å². The van der Waals surface area contributed by atoms with Crippen molar-refractivity contribution in [1.29, 1.82) is 0 Å². The van der Waals surface area contributed by atoms with E-state index in [9.17, 15) is 0 Å². The number of aromatic nitrogens is 2. The molecule has 0 aliphatic carbocycles. The minimum absolute atomic E-state index is 0.766. The number of rotatable bonds is 7. The molecule has 1 N–H and O–H groups in total. The first-order valence-electron chi connectivity index (χ1n) is 6.48. The first-order chi connectivity index (χ1) is 9.19.